The van der Waals surface area contributed by atoms with Crippen LogP contribution in [0.2, 0.25) is 0 Å². The minimum absolute atomic E-state index is 0.0496. The molecule has 0 radical (unpaired) electrons. The molecule has 5 unspecified atom stereocenters. The average Bonchev–Trinajstić information content (AvgIpc) is 2.65. The van der Waals surface area contributed by atoms with E-state index in [1.54, 1.807) is 0 Å². The van der Waals surface area contributed by atoms with Gasteiger partial charge in [-0.05, 0) is 39.7 Å². The van der Waals surface area contributed by atoms with Crippen LogP contribution in [0.5, 0.6) is 5.75 Å². The molecule has 0 bridgehead atoms. The van der Waals surface area contributed by atoms with Gasteiger partial charge in [0.15, 0.2) is 0 Å². The number of hydrogen-bond acceptors (Lipinski definition) is 3. The Morgan fingerprint density at radius 2 is 1.95 bits per heavy atom. The second-order valence-corrected chi connectivity index (χ2v) is 5.98. The van der Waals surface area contributed by atoms with Crippen molar-refractivity contribution in [3.05, 3.63) is 29.3 Å². The van der Waals surface area contributed by atoms with Crippen LogP contribution in [0.4, 0.5) is 0 Å². The molecule has 0 aliphatic carbocycles. The van der Waals surface area contributed by atoms with Gasteiger partial charge in [-0.3, -0.25) is 0 Å². The monoisotopic (exact) mass is 277 g/mol. The van der Waals surface area contributed by atoms with Gasteiger partial charge in [0.1, 0.15) is 5.75 Å². The summed E-state index contributed by atoms with van der Waals surface area (Å²) in [6.07, 6.45) is 0.450. The zero-order valence-corrected chi connectivity index (χ0v) is 13.2. The molecule has 5 atom stereocenters. The SMILES string of the molecule is CCOc1ccc(C)cc1C(N)C1C(C)OC(C)C1C. The van der Waals surface area contributed by atoms with Crippen LogP contribution in [0.3, 0.4) is 0 Å². The fraction of sp³-hybridized carbons (Fsp3) is 0.647. The summed E-state index contributed by atoms with van der Waals surface area (Å²) in [6.45, 7) is 11.2. The van der Waals surface area contributed by atoms with E-state index in [-0.39, 0.29) is 18.2 Å². The summed E-state index contributed by atoms with van der Waals surface area (Å²) >= 11 is 0. The highest BCUT2D eigenvalue weighted by atomic mass is 16.5. The highest BCUT2D eigenvalue weighted by Crippen LogP contribution is 2.41. The number of rotatable bonds is 4. The normalized spacial score (nSPS) is 31.3. The molecular weight excluding hydrogens is 250 g/mol. The highest BCUT2D eigenvalue weighted by Gasteiger charge is 2.41. The minimum Gasteiger partial charge on any atom is -0.494 e. The molecule has 0 spiro atoms. The van der Waals surface area contributed by atoms with Crippen molar-refractivity contribution in [3.63, 3.8) is 0 Å². The second kappa shape index (κ2) is 6.15. The molecule has 1 aromatic carbocycles. The molecule has 1 heterocycles. The molecule has 1 aliphatic heterocycles. The molecule has 1 fully saturated rings. The Morgan fingerprint density at radius 3 is 2.50 bits per heavy atom. The number of nitrogens with two attached hydrogens (primary N) is 1. The first kappa shape index (κ1) is 15.3. The predicted octanol–water partition coefficient (Wildman–Crippen LogP) is 3.45. The molecule has 0 amide bonds. The van der Waals surface area contributed by atoms with E-state index in [1.165, 1.54) is 5.56 Å². The van der Waals surface area contributed by atoms with Crippen LogP contribution in [-0.2, 0) is 4.74 Å². The van der Waals surface area contributed by atoms with Gasteiger partial charge in [0, 0.05) is 17.5 Å². The third-order valence-electron chi connectivity index (χ3n) is 4.56. The van der Waals surface area contributed by atoms with E-state index in [0.29, 0.717) is 18.4 Å². The van der Waals surface area contributed by atoms with E-state index in [9.17, 15) is 0 Å². The Labute approximate surface area is 122 Å². The molecule has 3 nitrogen and oxygen atoms in total. The van der Waals surface area contributed by atoms with Crippen molar-refractivity contribution in [2.75, 3.05) is 6.61 Å². The van der Waals surface area contributed by atoms with E-state index >= 15 is 0 Å². The summed E-state index contributed by atoms with van der Waals surface area (Å²) in [4.78, 5) is 0. The third-order valence-corrected chi connectivity index (χ3v) is 4.56. The lowest BCUT2D eigenvalue weighted by molar-refractivity contribution is 0.0488. The summed E-state index contributed by atoms with van der Waals surface area (Å²) in [5.74, 6) is 1.69. The van der Waals surface area contributed by atoms with E-state index in [2.05, 4.69) is 39.8 Å². The highest BCUT2D eigenvalue weighted by molar-refractivity contribution is 5.39. The van der Waals surface area contributed by atoms with Crippen molar-refractivity contribution in [2.45, 2.75) is 52.9 Å². The van der Waals surface area contributed by atoms with Crippen molar-refractivity contribution < 1.29 is 9.47 Å². The van der Waals surface area contributed by atoms with Crippen molar-refractivity contribution in [3.8, 4) is 5.75 Å². The number of hydrogen-bond donors (Lipinski definition) is 1. The van der Waals surface area contributed by atoms with Gasteiger partial charge in [-0.25, -0.2) is 0 Å². The maximum absolute atomic E-state index is 6.58. The van der Waals surface area contributed by atoms with Gasteiger partial charge in [-0.2, -0.15) is 0 Å². The molecule has 2 N–H and O–H groups in total. The number of ether oxygens (including phenoxy) is 2. The molecule has 2 rings (SSSR count). The first-order valence-corrected chi connectivity index (χ1v) is 7.60. The Kier molecular flexibility index (Phi) is 4.71. The van der Waals surface area contributed by atoms with Gasteiger partial charge in [0.2, 0.25) is 0 Å². The number of benzene rings is 1. The maximum Gasteiger partial charge on any atom is 0.124 e. The van der Waals surface area contributed by atoms with Gasteiger partial charge >= 0.3 is 0 Å². The van der Waals surface area contributed by atoms with E-state index < -0.39 is 0 Å². The second-order valence-electron chi connectivity index (χ2n) is 5.98. The van der Waals surface area contributed by atoms with Crippen molar-refractivity contribution in [1.82, 2.24) is 0 Å². The van der Waals surface area contributed by atoms with Crippen LogP contribution < -0.4 is 10.5 Å². The first-order valence-electron chi connectivity index (χ1n) is 7.60. The lowest BCUT2D eigenvalue weighted by Crippen LogP contribution is -2.31. The zero-order valence-electron chi connectivity index (χ0n) is 13.2. The molecule has 1 saturated heterocycles. The van der Waals surface area contributed by atoms with Crippen molar-refractivity contribution >= 4 is 0 Å². The van der Waals surface area contributed by atoms with Gasteiger partial charge < -0.3 is 15.2 Å². The van der Waals surface area contributed by atoms with E-state index in [4.69, 9.17) is 15.2 Å². The van der Waals surface area contributed by atoms with Crippen LogP contribution in [0.1, 0.15) is 44.9 Å². The fourth-order valence-corrected chi connectivity index (χ4v) is 3.34. The Morgan fingerprint density at radius 1 is 1.25 bits per heavy atom. The lowest BCUT2D eigenvalue weighted by Gasteiger charge is -2.27. The molecule has 3 heteroatoms. The molecule has 112 valence electrons. The Hall–Kier alpha value is -1.06. The molecule has 1 aliphatic rings. The molecule has 0 aromatic heterocycles. The minimum atomic E-state index is -0.0496. The summed E-state index contributed by atoms with van der Waals surface area (Å²) in [6, 6.07) is 6.20. The lowest BCUT2D eigenvalue weighted by atomic mass is 9.80. The molecule has 1 aromatic rings. The Balaban J connectivity index is 2.32. The third kappa shape index (κ3) is 2.84. The smallest absolute Gasteiger partial charge is 0.124 e. The van der Waals surface area contributed by atoms with E-state index in [1.807, 2.05) is 13.0 Å². The molecule has 0 saturated carbocycles. The van der Waals surface area contributed by atoms with Crippen LogP contribution in [0.15, 0.2) is 18.2 Å². The number of aryl methyl sites for hydroxylation is 1. The van der Waals surface area contributed by atoms with Crippen LogP contribution in [-0.4, -0.2) is 18.8 Å². The zero-order chi connectivity index (χ0) is 14.9. The van der Waals surface area contributed by atoms with Crippen molar-refractivity contribution in [1.29, 1.82) is 0 Å². The van der Waals surface area contributed by atoms with Crippen LogP contribution in [0, 0.1) is 18.8 Å². The quantitative estimate of drug-likeness (QED) is 0.916. The predicted molar refractivity (Wildman–Crippen MR) is 81.9 cm³/mol. The molecular formula is C17H27NO2. The summed E-state index contributed by atoms with van der Waals surface area (Å²) in [7, 11) is 0. The van der Waals surface area contributed by atoms with Crippen molar-refractivity contribution in [2.24, 2.45) is 17.6 Å². The van der Waals surface area contributed by atoms with Crippen LogP contribution in [0.25, 0.3) is 0 Å². The largest absolute Gasteiger partial charge is 0.494 e. The first-order chi connectivity index (χ1) is 9.45. The molecule has 20 heavy (non-hydrogen) atoms. The summed E-state index contributed by atoms with van der Waals surface area (Å²) in [5.41, 5.74) is 8.90. The van der Waals surface area contributed by atoms with Crippen LogP contribution >= 0.6 is 0 Å². The summed E-state index contributed by atoms with van der Waals surface area (Å²) in [5, 5.41) is 0. The summed E-state index contributed by atoms with van der Waals surface area (Å²) < 4.78 is 11.7. The van der Waals surface area contributed by atoms with Gasteiger partial charge in [0.05, 0.1) is 18.8 Å². The van der Waals surface area contributed by atoms with E-state index in [0.717, 1.165) is 11.3 Å². The van der Waals surface area contributed by atoms with Gasteiger partial charge in [0.25, 0.3) is 0 Å². The average molecular weight is 277 g/mol. The fourth-order valence-electron chi connectivity index (χ4n) is 3.34. The van der Waals surface area contributed by atoms with Gasteiger partial charge in [-0.15, -0.1) is 0 Å². The van der Waals surface area contributed by atoms with Gasteiger partial charge in [-0.1, -0.05) is 24.6 Å². The standard InChI is InChI=1S/C17H27NO2/c1-6-19-15-8-7-10(2)9-14(15)17(18)16-11(3)12(4)20-13(16)5/h7-9,11-13,16-17H,6,18H2,1-5H3. The Bertz CT molecular complexity index is 460. The topological polar surface area (TPSA) is 44.5 Å². The maximum atomic E-state index is 6.58.